The first-order valence-corrected chi connectivity index (χ1v) is 8.55. The fourth-order valence-electron chi connectivity index (χ4n) is 3.38. The van der Waals surface area contributed by atoms with Gasteiger partial charge in [-0.2, -0.15) is 0 Å². The number of aryl methyl sites for hydroxylation is 1. The number of carbonyl (C=O) groups is 1. The fraction of sp³-hybridized carbons (Fsp3) is 0.190. The molecule has 5 heteroatoms. The molecule has 4 rings (SSSR count). The minimum absolute atomic E-state index is 0.0702. The highest BCUT2D eigenvalue weighted by atomic mass is 16.2. The number of rotatable bonds is 2. The van der Waals surface area contributed by atoms with Crippen molar-refractivity contribution in [2.75, 3.05) is 0 Å². The predicted octanol–water partition coefficient (Wildman–Crippen LogP) is 2.91. The predicted molar refractivity (Wildman–Crippen MR) is 99.7 cm³/mol. The van der Waals surface area contributed by atoms with E-state index in [1.165, 1.54) is 4.57 Å². The van der Waals surface area contributed by atoms with E-state index in [1.807, 2.05) is 54.6 Å². The maximum absolute atomic E-state index is 13.2. The van der Waals surface area contributed by atoms with Gasteiger partial charge in [0.25, 0.3) is 11.5 Å². The summed E-state index contributed by atoms with van der Waals surface area (Å²) in [7, 11) is 1.71. The van der Waals surface area contributed by atoms with Crippen molar-refractivity contribution in [3.63, 3.8) is 0 Å². The van der Waals surface area contributed by atoms with Crippen molar-refractivity contribution in [2.24, 2.45) is 7.05 Å². The van der Waals surface area contributed by atoms with Gasteiger partial charge in [-0.25, -0.2) is 4.98 Å². The Morgan fingerprint density at radius 2 is 1.69 bits per heavy atom. The zero-order valence-corrected chi connectivity index (χ0v) is 14.8. The van der Waals surface area contributed by atoms with Crippen LogP contribution in [0, 0.1) is 6.92 Å². The first kappa shape index (κ1) is 16.3. The van der Waals surface area contributed by atoms with E-state index in [0.29, 0.717) is 35.7 Å². The number of carbonyl (C=O) groups excluding carboxylic acids is 1. The average Bonchev–Trinajstić information content (AvgIpc) is 3.10. The lowest BCUT2D eigenvalue weighted by atomic mass is 9.99. The van der Waals surface area contributed by atoms with Crippen molar-refractivity contribution in [1.82, 2.24) is 14.5 Å². The summed E-state index contributed by atoms with van der Waals surface area (Å²) < 4.78 is 1.53. The molecule has 0 aliphatic carbocycles. The van der Waals surface area contributed by atoms with Gasteiger partial charge < -0.3 is 4.90 Å². The van der Waals surface area contributed by atoms with Gasteiger partial charge >= 0.3 is 0 Å². The van der Waals surface area contributed by atoms with Crippen LogP contribution in [-0.2, 0) is 20.1 Å². The van der Waals surface area contributed by atoms with Gasteiger partial charge in [0.05, 0.1) is 24.3 Å². The fourth-order valence-corrected chi connectivity index (χ4v) is 3.38. The quantitative estimate of drug-likeness (QED) is 0.718. The lowest BCUT2D eigenvalue weighted by Gasteiger charge is -2.17. The van der Waals surface area contributed by atoms with Gasteiger partial charge in [0.15, 0.2) is 0 Å². The number of benzene rings is 2. The Kier molecular flexibility index (Phi) is 3.92. The summed E-state index contributed by atoms with van der Waals surface area (Å²) in [6.45, 7) is 2.47. The van der Waals surface area contributed by atoms with Crippen LogP contribution in [0.2, 0.25) is 0 Å². The van der Waals surface area contributed by atoms with E-state index >= 15 is 0 Å². The Morgan fingerprint density at radius 3 is 2.46 bits per heavy atom. The van der Waals surface area contributed by atoms with Gasteiger partial charge in [-0.1, -0.05) is 48.5 Å². The number of fused-ring (bicyclic) bond motifs is 1. The molecule has 0 fully saturated rings. The zero-order valence-electron chi connectivity index (χ0n) is 14.8. The first-order chi connectivity index (χ1) is 12.6. The minimum Gasteiger partial charge on any atom is -0.328 e. The normalized spacial score (nSPS) is 12.9. The molecule has 2 aromatic carbocycles. The van der Waals surface area contributed by atoms with E-state index in [1.54, 1.807) is 18.9 Å². The van der Waals surface area contributed by atoms with Crippen LogP contribution in [0.5, 0.6) is 0 Å². The van der Waals surface area contributed by atoms with Crippen LogP contribution in [0.4, 0.5) is 0 Å². The van der Waals surface area contributed by atoms with E-state index < -0.39 is 0 Å². The number of nitrogens with zero attached hydrogens (tertiary/aromatic N) is 3. The second kappa shape index (κ2) is 6.26. The van der Waals surface area contributed by atoms with Gasteiger partial charge in [0.2, 0.25) is 0 Å². The van der Waals surface area contributed by atoms with Gasteiger partial charge in [0.1, 0.15) is 5.82 Å². The Bertz CT molecular complexity index is 1050. The van der Waals surface area contributed by atoms with E-state index in [0.717, 1.165) is 11.1 Å². The number of hydrogen-bond donors (Lipinski definition) is 0. The highest BCUT2D eigenvalue weighted by molar-refractivity contribution is 6.01. The van der Waals surface area contributed by atoms with Gasteiger partial charge in [-0.05, 0) is 24.1 Å². The van der Waals surface area contributed by atoms with Crippen LogP contribution >= 0.6 is 0 Å². The maximum atomic E-state index is 13.2. The summed E-state index contributed by atoms with van der Waals surface area (Å²) >= 11 is 0. The van der Waals surface area contributed by atoms with Crippen LogP contribution in [0.1, 0.15) is 27.4 Å². The summed E-state index contributed by atoms with van der Waals surface area (Å²) in [4.78, 5) is 31.8. The summed E-state index contributed by atoms with van der Waals surface area (Å²) in [6, 6.07) is 17.4. The molecule has 1 aliphatic heterocycles. The molecule has 5 nitrogen and oxygen atoms in total. The van der Waals surface area contributed by atoms with Crippen LogP contribution in [0.15, 0.2) is 59.4 Å². The molecule has 0 N–H and O–H groups in total. The first-order valence-electron chi connectivity index (χ1n) is 8.55. The molecule has 0 saturated heterocycles. The standard InChI is InChI=1S/C21H19N3O2/c1-14-22-19-13-24(12-18(19)20(25)23(14)2)21(26)17-11-7-6-10-16(17)15-8-4-3-5-9-15/h3-11H,12-13H2,1-2H3. The van der Waals surface area contributed by atoms with Crippen LogP contribution < -0.4 is 5.56 Å². The molecule has 0 saturated carbocycles. The molecule has 1 amide bonds. The molecular formula is C21H19N3O2. The summed E-state index contributed by atoms with van der Waals surface area (Å²) in [5.41, 5.74) is 3.78. The molecule has 0 radical (unpaired) electrons. The topological polar surface area (TPSA) is 55.2 Å². The van der Waals surface area contributed by atoms with Crippen molar-refractivity contribution in [1.29, 1.82) is 0 Å². The third-order valence-corrected chi connectivity index (χ3v) is 4.91. The number of hydrogen-bond acceptors (Lipinski definition) is 3. The Labute approximate surface area is 151 Å². The molecule has 130 valence electrons. The van der Waals surface area contributed by atoms with E-state index in [-0.39, 0.29) is 11.5 Å². The van der Waals surface area contributed by atoms with Gasteiger partial charge in [-0.3, -0.25) is 14.2 Å². The molecule has 0 unspecified atom stereocenters. The summed E-state index contributed by atoms with van der Waals surface area (Å²) in [5, 5.41) is 0. The Balaban J connectivity index is 1.71. The molecule has 0 spiro atoms. The second-order valence-electron chi connectivity index (χ2n) is 6.52. The van der Waals surface area contributed by atoms with E-state index in [4.69, 9.17) is 0 Å². The molecule has 1 aromatic heterocycles. The third kappa shape index (κ3) is 2.62. The summed E-state index contributed by atoms with van der Waals surface area (Å²) in [5.74, 6) is 0.579. The molecule has 0 bridgehead atoms. The van der Waals surface area contributed by atoms with Crippen molar-refractivity contribution < 1.29 is 4.79 Å². The van der Waals surface area contributed by atoms with Crippen LogP contribution in [-0.4, -0.2) is 20.4 Å². The van der Waals surface area contributed by atoms with Crippen LogP contribution in [0.25, 0.3) is 11.1 Å². The molecule has 0 atom stereocenters. The third-order valence-electron chi connectivity index (χ3n) is 4.91. The largest absolute Gasteiger partial charge is 0.328 e. The molecule has 3 aromatic rings. The van der Waals surface area contributed by atoms with E-state index in [2.05, 4.69) is 4.98 Å². The van der Waals surface area contributed by atoms with Crippen molar-refractivity contribution in [3.8, 4) is 11.1 Å². The van der Waals surface area contributed by atoms with Gasteiger partial charge in [0, 0.05) is 12.6 Å². The summed E-state index contributed by atoms with van der Waals surface area (Å²) in [6.07, 6.45) is 0. The van der Waals surface area contributed by atoms with E-state index in [9.17, 15) is 9.59 Å². The van der Waals surface area contributed by atoms with Crippen molar-refractivity contribution >= 4 is 5.91 Å². The molecule has 2 heterocycles. The monoisotopic (exact) mass is 345 g/mol. The van der Waals surface area contributed by atoms with Gasteiger partial charge in [-0.15, -0.1) is 0 Å². The second-order valence-corrected chi connectivity index (χ2v) is 6.52. The minimum atomic E-state index is -0.0813. The lowest BCUT2D eigenvalue weighted by Crippen LogP contribution is -2.27. The lowest BCUT2D eigenvalue weighted by molar-refractivity contribution is 0.0751. The molecular weight excluding hydrogens is 326 g/mol. The molecule has 26 heavy (non-hydrogen) atoms. The zero-order chi connectivity index (χ0) is 18.3. The SMILES string of the molecule is Cc1nc2c(c(=O)n1C)CN(C(=O)c1ccccc1-c1ccccc1)C2. The molecule has 1 aliphatic rings. The highest BCUT2D eigenvalue weighted by Crippen LogP contribution is 2.27. The smallest absolute Gasteiger partial charge is 0.258 e. The maximum Gasteiger partial charge on any atom is 0.258 e. The highest BCUT2D eigenvalue weighted by Gasteiger charge is 2.29. The number of aromatic nitrogens is 2. The Morgan fingerprint density at radius 1 is 1.00 bits per heavy atom. The Hall–Kier alpha value is -3.21. The van der Waals surface area contributed by atoms with Crippen LogP contribution in [0.3, 0.4) is 0 Å². The average molecular weight is 345 g/mol. The van der Waals surface area contributed by atoms with Crippen molar-refractivity contribution in [2.45, 2.75) is 20.0 Å². The van der Waals surface area contributed by atoms with Crippen molar-refractivity contribution in [3.05, 3.63) is 87.6 Å². The number of amides is 1.